The van der Waals surface area contributed by atoms with E-state index >= 15 is 0 Å². The molecule has 1 aromatic heterocycles. The molecule has 10 heteroatoms. The second-order valence-electron chi connectivity index (χ2n) is 6.24. The summed E-state index contributed by atoms with van der Waals surface area (Å²) in [6.45, 7) is 3.88. The molecule has 1 N–H and O–H groups in total. The number of likely N-dealkylation sites (tertiary alicyclic amines) is 1. The van der Waals surface area contributed by atoms with Gasteiger partial charge in [-0.1, -0.05) is 6.42 Å². The monoisotopic (exact) mass is 360 g/mol. The van der Waals surface area contributed by atoms with Crippen LogP contribution < -0.4 is 5.32 Å². The van der Waals surface area contributed by atoms with Crippen molar-refractivity contribution in [3.05, 3.63) is 50.8 Å². The number of piperidine rings is 1. The van der Waals surface area contributed by atoms with Crippen LogP contribution in [0.25, 0.3) is 0 Å². The van der Waals surface area contributed by atoms with E-state index in [1.165, 1.54) is 31.4 Å². The first-order valence-electron chi connectivity index (χ1n) is 8.47. The minimum Gasteiger partial charge on any atom is -0.347 e. The fourth-order valence-electron chi connectivity index (χ4n) is 3.02. The minimum atomic E-state index is -0.657. The van der Waals surface area contributed by atoms with Gasteiger partial charge in [-0.05, 0) is 32.0 Å². The second-order valence-corrected chi connectivity index (χ2v) is 6.24. The minimum absolute atomic E-state index is 0.191. The predicted octanol–water partition coefficient (Wildman–Crippen LogP) is 2.93. The molecular formula is C16H20N6O4. The lowest BCUT2D eigenvalue weighted by atomic mass is 10.1. The fraction of sp³-hybridized carbons (Fsp3) is 0.438. The van der Waals surface area contributed by atoms with Crippen molar-refractivity contribution in [1.82, 2.24) is 14.7 Å². The molecule has 3 rings (SSSR count). The zero-order chi connectivity index (χ0) is 18.5. The van der Waals surface area contributed by atoms with Gasteiger partial charge in [0.25, 0.3) is 11.4 Å². The molecule has 0 amide bonds. The largest absolute Gasteiger partial charge is 0.347 e. The van der Waals surface area contributed by atoms with Crippen LogP contribution in [-0.4, -0.2) is 44.2 Å². The Bertz CT molecular complexity index is 800. The molecule has 0 radical (unpaired) electrons. The molecule has 2 aromatic rings. The number of rotatable bonds is 7. The third kappa shape index (κ3) is 4.33. The highest BCUT2D eigenvalue weighted by Gasteiger charge is 2.20. The summed E-state index contributed by atoms with van der Waals surface area (Å²) in [6, 6.07) is 3.51. The molecule has 26 heavy (non-hydrogen) atoms. The average Bonchev–Trinajstić information content (AvgIpc) is 3.08. The molecule has 138 valence electrons. The molecule has 0 saturated carbocycles. The van der Waals surface area contributed by atoms with Gasteiger partial charge in [-0.25, -0.2) is 0 Å². The van der Waals surface area contributed by atoms with Crippen LogP contribution in [0.5, 0.6) is 0 Å². The van der Waals surface area contributed by atoms with E-state index in [4.69, 9.17) is 0 Å². The summed E-state index contributed by atoms with van der Waals surface area (Å²) in [5, 5.41) is 29.2. The molecular weight excluding hydrogens is 340 g/mol. The van der Waals surface area contributed by atoms with Crippen molar-refractivity contribution in [2.75, 3.05) is 25.0 Å². The van der Waals surface area contributed by atoms with Crippen LogP contribution >= 0.6 is 0 Å². The number of nitrogens with one attached hydrogen (secondary N) is 1. The molecule has 0 atom stereocenters. The Morgan fingerprint density at radius 2 is 1.85 bits per heavy atom. The summed E-state index contributed by atoms with van der Waals surface area (Å²) in [7, 11) is 0. The van der Waals surface area contributed by atoms with Crippen LogP contribution in [0.2, 0.25) is 0 Å². The third-order valence-electron chi connectivity index (χ3n) is 4.40. The van der Waals surface area contributed by atoms with Crippen molar-refractivity contribution in [3.8, 4) is 0 Å². The highest BCUT2D eigenvalue weighted by molar-refractivity contribution is 5.71. The molecule has 1 fully saturated rings. The Morgan fingerprint density at radius 3 is 2.54 bits per heavy atom. The quantitative estimate of drug-likeness (QED) is 0.595. The zero-order valence-electron chi connectivity index (χ0n) is 14.2. The topological polar surface area (TPSA) is 119 Å². The number of non-ortho nitro benzene ring substituents is 1. The van der Waals surface area contributed by atoms with Crippen LogP contribution in [-0.2, 0) is 6.54 Å². The third-order valence-corrected chi connectivity index (χ3v) is 4.40. The van der Waals surface area contributed by atoms with Crippen molar-refractivity contribution < 1.29 is 9.85 Å². The van der Waals surface area contributed by atoms with E-state index in [2.05, 4.69) is 15.3 Å². The number of nitrogens with zero attached hydrogens (tertiary/aromatic N) is 5. The van der Waals surface area contributed by atoms with Gasteiger partial charge in [0.2, 0.25) is 0 Å². The number of hydrogen-bond donors (Lipinski definition) is 1. The number of hydrogen-bond acceptors (Lipinski definition) is 7. The summed E-state index contributed by atoms with van der Waals surface area (Å²) in [4.78, 5) is 23.1. The molecule has 1 saturated heterocycles. The number of nitro benzene ring substituents is 2. The Hall–Kier alpha value is -3.01. The Kier molecular flexibility index (Phi) is 5.42. The van der Waals surface area contributed by atoms with E-state index in [-0.39, 0.29) is 17.1 Å². The van der Waals surface area contributed by atoms with Gasteiger partial charge >= 0.3 is 0 Å². The molecule has 0 bridgehead atoms. The van der Waals surface area contributed by atoms with Gasteiger partial charge in [0.1, 0.15) is 5.69 Å². The maximum absolute atomic E-state index is 11.2. The van der Waals surface area contributed by atoms with Gasteiger partial charge in [-0.3, -0.25) is 24.9 Å². The maximum Gasteiger partial charge on any atom is 0.299 e. The summed E-state index contributed by atoms with van der Waals surface area (Å²) >= 11 is 0. The lowest BCUT2D eigenvalue weighted by Gasteiger charge is -2.26. The van der Waals surface area contributed by atoms with E-state index in [9.17, 15) is 20.2 Å². The zero-order valence-corrected chi connectivity index (χ0v) is 14.2. The fourth-order valence-corrected chi connectivity index (χ4v) is 3.02. The SMILES string of the molecule is O=[N+]([O-])c1ccc(Nc2cnn(CCN3CCCCC3)c2)c([N+](=O)[O-])c1. The highest BCUT2D eigenvalue weighted by atomic mass is 16.6. The van der Waals surface area contributed by atoms with Crippen LogP contribution in [0.15, 0.2) is 30.6 Å². The Labute approximate surface area is 149 Å². The van der Waals surface area contributed by atoms with Gasteiger partial charge in [0.05, 0.1) is 34.3 Å². The normalized spacial score (nSPS) is 14.9. The van der Waals surface area contributed by atoms with Gasteiger partial charge in [-0.2, -0.15) is 5.10 Å². The first-order chi connectivity index (χ1) is 12.5. The van der Waals surface area contributed by atoms with Crippen LogP contribution in [0.1, 0.15) is 19.3 Å². The van der Waals surface area contributed by atoms with Crippen molar-refractivity contribution in [1.29, 1.82) is 0 Å². The molecule has 1 aliphatic heterocycles. The van der Waals surface area contributed by atoms with Gasteiger partial charge in [-0.15, -0.1) is 0 Å². The summed E-state index contributed by atoms with van der Waals surface area (Å²) < 4.78 is 1.79. The predicted molar refractivity (Wildman–Crippen MR) is 95.6 cm³/mol. The smallest absolute Gasteiger partial charge is 0.299 e. The van der Waals surface area contributed by atoms with Crippen LogP contribution in [0.3, 0.4) is 0 Å². The lowest BCUT2D eigenvalue weighted by Crippen LogP contribution is -2.32. The first kappa shape index (κ1) is 17.8. The second kappa shape index (κ2) is 7.91. The highest BCUT2D eigenvalue weighted by Crippen LogP contribution is 2.31. The van der Waals surface area contributed by atoms with E-state index < -0.39 is 9.85 Å². The first-order valence-corrected chi connectivity index (χ1v) is 8.47. The summed E-state index contributed by atoms with van der Waals surface area (Å²) in [6.07, 6.45) is 7.11. The van der Waals surface area contributed by atoms with Crippen molar-refractivity contribution in [2.45, 2.75) is 25.8 Å². The number of anilines is 2. The van der Waals surface area contributed by atoms with E-state index in [0.717, 1.165) is 32.2 Å². The molecule has 0 unspecified atom stereocenters. The molecule has 0 spiro atoms. The standard InChI is InChI=1S/C16H20N6O4/c23-21(24)14-4-5-15(16(10-14)22(25)26)18-13-11-17-20(12-13)9-8-19-6-2-1-3-7-19/h4-5,10-12,18H,1-3,6-9H2. The molecule has 1 aromatic carbocycles. The van der Waals surface area contributed by atoms with Crippen molar-refractivity contribution in [3.63, 3.8) is 0 Å². The van der Waals surface area contributed by atoms with Crippen LogP contribution in [0.4, 0.5) is 22.7 Å². The molecule has 0 aliphatic carbocycles. The van der Waals surface area contributed by atoms with Crippen molar-refractivity contribution >= 4 is 22.7 Å². The lowest BCUT2D eigenvalue weighted by molar-refractivity contribution is -0.393. The van der Waals surface area contributed by atoms with Gasteiger partial charge in [0.15, 0.2) is 0 Å². The number of nitro groups is 2. The number of benzene rings is 1. The molecule has 1 aliphatic rings. The van der Waals surface area contributed by atoms with E-state index in [1.54, 1.807) is 17.1 Å². The maximum atomic E-state index is 11.2. The van der Waals surface area contributed by atoms with Crippen LogP contribution in [0, 0.1) is 20.2 Å². The van der Waals surface area contributed by atoms with Gasteiger partial charge < -0.3 is 10.2 Å². The average molecular weight is 360 g/mol. The molecule has 10 nitrogen and oxygen atoms in total. The Balaban J connectivity index is 1.66. The summed E-state index contributed by atoms with van der Waals surface area (Å²) in [5.41, 5.74) is 0.122. The Morgan fingerprint density at radius 1 is 1.08 bits per heavy atom. The summed E-state index contributed by atoms with van der Waals surface area (Å²) in [5.74, 6) is 0. The van der Waals surface area contributed by atoms with E-state index in [1.807, 2.05) is 0 Å². The number of aromatic nitrogens is 2. The van der Waals surface area contributed by atoms with E-state index in [0.29, 0.717) is 5.69 Å². The van der Waals surface area contributed by atoms with Crippen molar-refractivity contribution in [2.24, 2.45) is 0 Å². The van der Waals surface area contributed by atoms with Gasteiger partial charge in [0, 0.05) is 18.8 Å². The molecule has 2 heterocycles.